The van der Waals surface area contributed by atoms with Crippen molar-refractivity contribution in [1.29, 1.82) is 0 Å². The number of fused-ring (bicyclic) bond motifs is 2. The Labute approximate surface area is 170 Å². The second kappa shape index (κ2) is 7.87. The van der Waals surface area contributed by atoms with Gasteiger partial charge >= 0.3 is 0 Å². The van der Waals surface area contributed by atoms with Crippen molar-refractivity contribution in [3.63, 3.8) is 0 Å². The van der Waals surface area contributed by atoms with Crippen LogP contribution >= 0.6 is 0 Å². The first kappa shape index (κ1) is 19.4. The average Bonchev–Trinajstić information content (AvgIpc) is 3.09. The number of hydrogen-bond donors (Lipinski definition) is 0. The minimum atomic E-state index is -0.0388. The van der Waals surface area contributed by atoms with E-state index in [-0.39, 0.29) is 12.0 Å². The van der Waals surface area contributed by atoms with Crippen molar-refractivity contribution in [1.82, 2.24) is 9.80 Å². The van der Waals surface area contributed by atoms with E-state index in [9.17, 15) is 4.79 Å². The lowest BCUT2D eigenvalue weighted by molar-refractivity contribution is -0.136. The molecular formula is C25H34N2O. The van der Waals surface area contributed by atoms with E-state index in [0.717, 1.165) is 32.4 Å². The van der Waals surface area contributed by atoms with Gasteiger partial charge in [-0.05, 0) is 68.0 Å². The number of carbonyl (C=O) groups excluding carboxylic acids is 1. The summed E-state index contributed by atoms with van der Waals surface area (Å²) in [6.45, 7) is 8.21. The smallest absolute Gasteiger partial charge is 0.231 e. The number of hydrogen-bond acceptors (Lipinski definition) is 2. The fraction of sp³-hybridized carbons (Fsp3) is 0.560. The van der Waals surface area contributed by atoms with Crippen molar-refractivity contribution in [2.45, 2.75) is 65.0 Å². The summed E-state index contributed by atoms with van der Waals surface area (Å²) < 4.78 is 0. The number of rotatable bonds is 6. The number of unbranched alkanes of at least 4 members (excludes halogenated alkanes) is 2. The zero-order valence-electron chi connectivity index (χ0n) is 17.9. The average molecular weight is 379 g/mol. The van der Waals surface area contributed by atoms with Crippen LogP contribution in [0.5, 0.6) is 0 Å². The largest absolute Gasteiger partial charge is 0.340 e. The molecule has 0 radical (unpaired) electrons. The van der Waals surface area contributed by atoms with Gasteiger partial charge in [-0.15, -0.1) is 0 Å². The highest BCUT2D eigenvalue weighted by atomic mass is 16.2. The van der Waals surface area contributed by atoms with Gasteiger partial charge in [0.2, 0.25) is 5.91 Å². The molecule has 150 valence electrons. The molecule has 1 amide bonds. The first-order valence-corrected chi connectivity index (χ1v) is 11.0. The number of carbonyl (C=O) groups is 1. The van der Waals surface area contributed by atoms with Crippen LogP contribution < -0.4 is 0 Å². The van der Waals surface area contributed by atoms with Gasteiger partial charge in [0.05, 0.1) is 5.92 Å². The van der Waals surface area contributed by atoms with Crippen LogP contribution in [0.3, 0.4) is 0 Å². The minimum absolute atomic E-state index is 0.0388. The highest BCUT2D eigenvalue weighted by molar-refractivity contribution is 5.93. The van der Waals surface area contributed by atoms with Crippen LogP contribution in [0.1, 0.15) is 63.1 Å². The Morgan fingerprint density at radius 1 is 1.29 bits per heavy atom. The molecule has 1 aliphatic heterocycles. The summed E-state index contributed by atoms with van der Waals surface area (Å²) in [7, 11) is 2.19. The summed E-state index contributed by atoms with van der Waals surface area (Å²) in [5.74, 6) is 0.265. The van der Waals surface area contributed by atoms with E-state index in [0.29, 0.717) is 11.9 Å². The molecule has 0 N–H and O–H groups in total. The summed E-state index contributed by atoms with van der Waals surface area (Å²) in [4.78, 5) is 18.0. The Hall–Kier alpha value is -1.87. The van der Waals surface area contributed by atoms with E-state index in [1.807, 2.05) is 0 Å². The Morgan fingerprint density at radius 3 is 2.86 bits per heavy atom. The maximum absolute atomic E-state index is 13.5. The van der Waals surface area contributed by atoms with Gasteiger partial charge in [0.1, 0.15) is 0 Å². The lowest BCUT2D eigenvalue weighted by atomic mass is 9.77. The zero-order chi connectivity index (χ0) is 19.8. The van der Waals surface area contributed by atoms with Crippen molar-refractivity contribution in [3.8, 4) is 0 Å². The van der Waals surface area contributed by atoms with Crippen LogP contribution in [0.25, 0.3) is 11.1 Å². The van der Waals surface area contributed by atoms with Crippen LogP contribution in [-0.2, 0) is 11.2 Å². The van der Waals surface area contributed by atoms with E-state index < -0.39 is 0 Å². The fourth-order valence-corrected chi connectivity index (χ4v) is 5.23. The van der Waals surface area contributed by atoms with E-state index in [4.69, 9.17) is 0 Å². The number of nitrogens with zero attached hydrogens (tertiary/aromatic N) is 2. The molecule has 4 rings (SSSR count). The summed E-state index contributed by atoms with van der Waals surface area (Å²) in [6, 6.07) is 7.37. The quantitative estimate of drug-likeness (QED) is 0.666. The highest BCUT2D eigenvalue weighted by Crippen LogP contribution is 2.46. The van der Waals surface area contributed by atoms with Gasteiger partial charge < -0.3 is 4.90 Å². The lowest BCUT2D eigenvalue weighted by Gasteiger charge is -2.42. The molecule has 2 atom stereocenters. The second-order valence-corrected chi connectivity index (χ2v) is 8.99. The molecule has 0 saturated heterocycles. The van der Waals surface area contributed by atoms with Gasteiger partial charge in [0.15, 0.2) is 0 Å². The summed E-state index contributed by atoms with van der Waals surface area (Å²) in [6.07, 6.45) is 10.3. The molecule has 2 aliphatic carbocycles. The SMILES string of the molecule is CCCCCN(C(=O)[C@@H]1C=C2c3cccc4c3C(=CC4)C[C@H]2N(C)C1)C(C)C. The topological polar surface area (TPSA) is 23.6 Å². The maximum atomic E-state index is 13.5. The second-order valence-electron chi connectivity index (χ2n) is 8.99. The Kier molecular flexibility index (Phi) is 5.46. The predicted octanol–water partition coefficient (Wildman–Crippen LogP) is 4.77. The Morgan fingerprint density at radius 2 is 2.11 bits per heavy atom. The number of likely N-dealkylation sites (N-methyl/N-ethyl adjacent to an activating group) is 1. The standard InChI is InChI=1S/C25H34N2O/c1-5-6-7-13-27(17(2)3)25(28)20-14-22-21-10-8-9-18-11-12-19(24(18)21)15-23(22)26(4)16-20/h8-10,12,14,17,20,23H,5-7,11,13,15-16H2,1-4H3/t20-,23-/m1/s1. The van der Waals surface area contributed by atoms with Gasteiger partial charge in [0, 0.05) is 25.2 Å². The Bertz CT molecular complexity index is 820. The van der Waals surface area contributed by atoms with Crippen LogP contribution in [0.2, 0.25) is 0 Å². The predicted molar refractivity (Wildman–Crippen MR) is 117 cm³/mol. The molecule has 0 spiro atoms. The molecule has 0 bridgehead atoms. The molecule has 3 aliphatic rings. The zero-order valence-corrected chi connectivity index (χ0v) is 17.9. The normalized spacial score (nSPS) is 23.2. The number of benzene rings is 1. The van der Waals surface area contributed by atoms with Gasteiger partial charge in [-0.25, -0.2) is 0 Å². The first-order chi connectivity index (χ1) is 13.5. The molecule has 1 aromatic carbocycles. The molecule has 1 aromatic rings. The molecular weight excluding hydrogens is 344 g/mol. The van der Waals surface area contributed by atoms with Gasteiger partial charge in [-0.2, -0.15) is 0 Å². The van der Waals surface area contributed by atoms with E-state index >= 15 is 0 Å². The molecule has 0 unspecified atom stereocenters. The van der Waals surface area contributed by atoms with Crippen LogP contribution in [-0.4, -0.2) is 47.9 Å². The van der Waals surface area contributed by atoms with Crippen molar-refractivity contribution in [2.24, 2.45) is 5.92 Å². The third-order valence-corrected chi connectivity index (χ3v) is 6.75. The molecule has 1 heterocycles. The summed E-state index contributed by atoms with van der Waals surface area (Å²) in [5, 5.41) is 0. The van der Waals surface area contributed by atoms with Crippen molar-refractivity contribution >= 4 is 17.1 Å². The van der Waals surface area contributed by atoms with Crippen LogP contribution in [0, 0.1) is 5.92 Å². The lowest BCUT2D eigenvalue weighted by Crippen LogP contribution is -2.48. The van der Waals surface area contributed by atoms with Gasteiger partial charge in [-0.3, -0.25) is 9.69 Å². The molecule has 0 saturated carbocycles. The Balaban J connectivity index is 1.65. The van der Waals surface area contributed by atoms with Crippen molar-refractivity contribution < 1.29 is 4.79 Å². The maximum Gasteiger partial charge on any atom is 0.231 e. The monoisotopic (exact) mass is 378 g/mol. The number of allylic oxidation sites excluding steroid dienone is 1. The van der Waals surface area contributed by atoms with Crippen LogP contribution in [0.15, 0.2) is 30.4 Å². The number of amides is 1. The third kappa shape index (κ3) is 3.34. The van der Waals surface area contributed by atoms with Gasteiger partial charge in [-0.1, -0.05) is 50.1 Å². The van der Waals surface area contributed by atoms with E-state index in [1.165, 1.54) is 40.7 Å². The minimum Gasteiger partial charge on any atom is -0.340 e. The molecule has 3 heteroatoms. The summed E-state index contributed by atoms with van der Waals surface area (Å²) in [5.41, 5.74) is 7.15. The molecule has 0 fully saturated rings. The third-order valence-electron chi connectivity index (χ3n) is 6.75. The highest BCUT2D eigenvalue weighted by Gasteiger charge is 2.38. The summed E-state index contributed by atoms with van der Waals surface area (Å²) >= 11 is 0. The van der Waals surface area contributed by atoms with Crippen molar-refractivity contribution in [2.75, 3.05) is 20.1 Å². The fourth-order valence-electron chi connectivity index (χ4n) is 5.23. The molecule has 3 nitrogen and oxygen atoms in total. The van der Waals surface area contributed by atoms with E-state index in [1.54, 1.807) is 0 Å². The van der Waals surface area contributed by atoms with Crippen molar-refractivity contribution in [3.05, 3.63) is 47.0 Å². The molecule has 0 aromatic heterocycles. The van der Waals surface area contributed by atoms with Gasteiger partial charge in [0.25, 0.3) is 0 Å². The van der Waals surface area contributed by atoms with Crippen LogP contribution in [0.4, 0.5) is 0 Å². The molecule has 28 heavy (non-hydrogen) atoms. The van der Waals surface area contributed by atoms with E-state index in [2.05, 4.69) is 68.0 Å². The first-order valence-electron chi connectivity index (χ1n) is 11.0.